The number of nitrogens with one attached hydrogen (secondary N) is 1. The molecule has 0 bridgehead atoms. The lowest BCUT2D eigenvalue weighted by molar-refractivity contribution is -0.143. The lowest BCUT2D eigenvalue weighted by Gasteiger charge is -2.48. The molecule has 4 N–H and O–H groups in total. The van der Waals surface area contributed by atoms with Crippen molar-refractivity contribution in [2.24, 2.45) is 5.92 Å². The van der Waals surface area contributed by atoms with Gasteiger partial charge in [-0.2, -0.15) is 0 Å². The maximum absolute atomic E-state index is 13.6. The Hall–Kier alpha value is -4.84. The number of hydrogen-bond acceptors (Lipinski definition) is 6. The predicted molar refractivity (Wildman–Crippen MR) is 149 cm³/mol. The van der Waals surface area contributed by atoms with Crippen molar-refractivity contribution < 1.29 is 48.0 Å². The fourth-order valence-electron chi connectivity index (χ4n) is 4.96. The van der Waals surface area contributed by atoms with Gasteiger partial charge in [0.25, 0.3) is 5.91 Å². The van der Waals surface area contributed by atoms with Gasteiger partial charge in [-0.1, -0.05) is 24.3 Å². The molecule has 4 atom stereocenters. The number of ether oxygens (including phenoxy) is 1. The number of carboxylic acids is 2. The Morgan fingerprint density at radius 1 is 0.884 bits per heavy atom. The van der Waals surface area contributed by atoms with Crippen LogP contribution in [0.1, 0.15) is 49.0 Å². The lowest BCUT2D eigenvalue weighted by Crippen LogP contribution is -2.55. The van der Waals surface area contributed by atoms with Crippen LogP contribution in [-0.2, 0) is 19.2 Å². The Morgan fingerprint density at radius 2 is 1.49 bits per heavy atom. The van der Waals surface area contributed by atoms with E-state index >= 15 is 0 Å². The second-order valence-corrected chi connectivity index (χ2v) is 10.1. The highest BCUT2D eigenvalue weighted by atomic mass is 19.1. The number of benzene rings is 3. The summed E-state index contributed by atoms with van der Waals surface area (Å²) in [4.78, 5) is 49.0. The molecule has 226 valence electrons. The van der Waals surface area contributed by atoms with Gasteiger partial charge in [0.1, 0.15) is 23.4 Å². The predicted octanol–water partition coefficient (Wildman–Crippen LogP) is 4.00. The highest BCUT2D eigenvalue weighted by Crippen LogP contribution is 2.46. The van der Waals surface area contributed by atoms with Gasteiger partial charge < -0.3 is 30.3 Å². The van der Waals surface area contributed by atoms with Gasteiger partial charge in [0, 0.05) is 12.1 Å². The van der Waals surface area contributed by atoms with Gasteiger partial charge in [0.15, 0.2) is 6.61 Å². The minimum atomic E-state index is -1.37. The van der Waals surface area contributed by atoms with E-state index in [1.54, 1.807) is 29.2 Å². The van der Waals surface area contributed by atoms with Crippen molar-refractivity contribution in [3.63, 3.8) is 0 Å². The third-order valence-corrected chi connectivity index (χ3v) is 7.20. The highest BCUT2D eigenvalue weighted by molar-refractivity contribution is 6.03. The van der Waals surface area contributed by atoms with Crippen LogP contribution >= 0.6 is 0 Å². The Morgan fingerprint density at radius 3 is 2.07 bits per heavy atom. The molecule has 10 nitrogen and oxygen atoms in total. The molecule has 1 fully saturated rings. The molecule has 1 saturated heterocycles. The first-order valence-electron chi connectivity index (χ1n) is 13.5. The van der Waals surface area contributed by atoms with Crippen LogP contribution in [0.5, 0.6) is 5.75 Å². The van der Waals surface area contributed by atoms with E-state index in [4.69, 9.17) is 9.84 Å². The number of carbonyl (C=O) groups is 4. The summed E-state index contributed by atoms with van der Waals surface area (Å²) in [6.45, 7) is -0.510. The monoisotopic (exact) mass is 596 g/mol. The Balaban J connectivity index is 1.43. The van der Waals surface area contributed by atoms with Crippen LogP contribution in [0, 0.1) is 17.6 Å². The third-order valence-electron chi connectivity index (χ3n) is 7.20. The Kier molecular flexibility index (Phi) is 10.0. The average molecular weight is 597 g/mol. The molecule has 0 aromatic heterocycles. The Labute approximate surface area is 245 Å². The van der Waals surface area contributed by atoms with E-state index in [1.807, 2.05) is 0 Å². The molecule has 3 aromatic carbocycles. The first-order chi connectivity index (χ1) is 20.5. The van der Waals surface area contributed by atoms with Gasteiger partial charge in [-0.3, -0.25) is 14.4 Å². The zero-order valence-electron chi connectivity index (χ0n) is 22.9. The summed E-state index contributed by atoms with van der Waals surface area (Å²) in [6.07, 6.45) is -1.04. The molecule has 0 spiro atoms. The molecule has 0 aliphatic carbocycles. The second-order valence-electron chi connectivity index (χ2n) is 10.1. The standard InChI is InChI=1S/C31H30F2N2O8/c32-20-5-1-18(2-6-20)26(36)15-13-24-29(35(30(24)40)22-9-7-21(33)8-10-22)19-3-11-23(12-4-19)43-17-27(37)34-25(31(41)42)14-16-28(38)39/h1-12,24-26,29,36H,13-17H2,(H,34,37)(H,38,39)(H,41,42)/t24?,25-,26?,29?/m0/s1. The molecule has 3 unspecified atom stereocenters. The maximum atomic E-state index is 13.6. The Bertz CT molecular complexity index is 1450. The van der Waals surface area contributed by atoms with Gasteiger partial charge in [-0.25, -0.2) is 13.6 Å². The topological polar surface area (TPSA) is 153 Å². The highest BCUT2D eigenvalue weighted by Gasteiger charge is 2.48. The zero-order valence-corrected chi connectivity index (χ0v) is 22.9. The molecule has 1 heterocycles. The van der Waals surface area contributed by atoms with E-state index in [0.717, 1.165) is 5.56 Å². The van der Waals surface area contributed by atoms with E-state index in [0.29, 0.717) is 23.4 Å². The number of β-lactam (4-membered cyclic amide) rings is 1. The number of aliphatic hydroxyl groups is 1. The summed E-state index contributed by atoms with van der Waals surface area (Å²) >= 11 is 0. The third kappa shape index (κ3) is 7.92. The molecule has 12 heteroatoms. The summed E-state index contributed by atoms with van der Waals surface area (Å²) in [6, 6.07) is 15.7. The summed E-state index contributed by atoms with van der Waals surface area (Å²) in [5, 5.41) is 30.8. The smallest absolute Gasteiger partial charge is 0.326 e. The summed E-state index contributed by atoms with van der Waals surface area (Å²) in [5.74, 6) is -4.57. The van der Waals surface area contributed by atoms with Crippen LogP contribution in [0.3, 0.4) is 0 Å². The van der Waals surface area contributed by atoms with E-state index in [-0.39, 0.29) is 18.7 Å². The van der Waals surface area contributed by atoms with E-state index in [1.165, 1.54) is 48.5 Å². The number of aliphatic hydroxyl groups excluding tert-OH is 1. The van der Waals surface area contributed by atoms with Crippen molar-refractivity contribution in [1.82, 2.24) is 5.32 Å². The first-order valence-corrected chi connectivity index (χ1v) is 13.5. The fraction of sp³-hybridized carbons (Fsp3) is 0.290. The molecule has 43 heavy (non-hydrogen) atoms. The molecule has 2 amide bonds. The van der Waals surface area contributed by atoms with Gasteiger partial charge in [0.2, 0.25) is 5.91 Å². The van der Waals surface area contributed by atoms with Crippen molar-refractivity contribution >= 4 is 29.4 Å². The summed E-state index contributed by atoms with van der Waals surface area (Å²) in [7, 11) is 0. The van der Waals surface area contributed by atoms with Crippen LogP contribution in [-0.4, -0.2) is 51.7 Å². The zero-order chi connectivity index (χ0) is 31.1. The largest absolute Gasteiger partial charge is 0.484 e. The van der Waals surface area contributed by atoms with Crippen molar-refractivity contribution in [3.05, 3.63) is 95.6 Å². The number of halogens is 2. The first kappa shape index (κ1) is 31.1. The van der Waals surface area contributed by atoms with Crippen LogP contribution < -0.4 is 15.0 Å². The summed E-state index contributed by atoms with van der Waals surface area (Å²) < 4.78 is 32.3. The number of hydrogen-bond donors (Lipinski definition) is 4. The number of nitrogens with zero attached hydrogens (tertiary/aromatic N) is 1. The minimum absolute atomic E-state index is 0.198. The van der Waals surface area contributed by atoms with Crippen molar-refractivity contribution in [1.29, 1.82) is 0 Å². The minimum Gasteiger partial charge on any atom is -0.484 e. The number of rotatable bonds is 14. The van der Waals surface area contributed by atoms with Crippen LogP contribution in [0.2, 0.25) is 0 Å². The van der Waals surface area contributed by atoms with Crippen LogP contribution in [0.15, 0.2) is 72.8 Å². The van der Waals surface area contributed by atoms with Crippen molar-refractivity contribution in [2.75, 3.05) is 11.5 Å². The average Bonchev–Trinajstić information content (AvgIpc) is 2.98. The number of carboxylic acid groups (broad SMARTS) is 2. The molecule has 0 saturated carbocycles. The van der Waals surface area contributed by atoms with Crippen molar-refractivity contribution in [2.45, 2.75) is 43.9 Å². The van der Waals surface area contributed by atoms with E-state index < -0.39 is 66.6 Å². The number of aliphatic carboxylic acids is 2. The molecule has 4 rings (SSSR count). The molecule has 3 aromatic rings. The van der Waals surface area contributed by atoms with Gasteiger partial charge in [0.05, 0.1) is 18.1 Å². The van der Waals surface area contributed by atoms with Gasteiger partial charge in [-0.15, -0.1) is 0 Å². The van der Waals surface area contributed by atoms with E-state index in [9.17, 15) is 38.2 Å². The molecule has 0 radical (unpaired) electrons. The SMILES string of the molecule is O=C(O)CC[C@H](NC(=O)COc1ccc(C2C(CCC(O)c3ccc(F)cc3)C(=O)N2c2ccc(F)cc2)cc1)C(=O)O. The van der Waals surface area contributed by atoms with Gasteiger partial charge in [-0.05, 0) is 78.9 Å². The van der Waals surface area contributed by atoms with Crippen molar-refractivity contribution in [3.8, 4) is 5.75 Å². The van der Waals surface area contributed by atoms with Gasteiger partial charge >= 0.3 is 11.9 Å². The van der Waals surface area contributed by atoms with E-state index in [2.05, 4.69) is 5.32 Å². The normalized spacial score (nSPS) is 17.5. The lowest BCUT2D eigenvalue weighted by atomic mass is 9.78. The van der Waals surface area contributed by atoms with Crippen LogP contribution in [0.25, 0.3) is 0 Å². The maximum Gasteiger partial charge on any atom is 0.326 e. The molecular formula is C31H30F2N2O8. The number of amides is 2. The molecular weight excluding hydrogens is 566 g/mol. The second kappa shape index (κ2) is 13.9. The quantitative estimate of drug-likeness (QED) is 0.204. The molecule has 1 aliphatic heterocycles. The fourth-order valence-corrected chi connectivity index (χ4v) is 4.96. The molecule has 1 aliphatic rings. The number of anilines is 1. The van der Waals surface area contributed by atoms with Crippen LogP contribution in [0.4, 0.5) is 14.5 Å². The number of carbonyl (C=O) groups excluding carboxylic acids is 2. The summed E-state index contributed by atoms with van der Waals surface area (Å²) in [5.41, 5.74) is 1.75.